The predicted octanol–water partition coefficient (Wildman–Crippen LogP) is 1.24. The van der Waals surface area contributed by atoms with Gasteiger partial charge < -0.3 is 21.5 Å². The van der Waals surface area contributed by atoms with Crippen LogP contribution in [0.2, 0.25) is 0 Å². The van der Waals surface area contributed by atoms with Crippen LogP contribution in [0.3, 0.4) is 0 Å². The fraction of sp³-hybridized carbons (Fsp3) is 0.529. The van der Waals surface area contributed by atoms with E-state index in [1.165, 1.54) is 43.2 Å². The lowest BCUT2D eigenvalue weighted by Crippen LogP contribution is -3.00. The van der Waals surface area contributed by atoms with Crippen molar-refractivity contribution in [3.8, 4) is 0 Å². The van der Waals surface area contributed by atoms with Crippen LogP contribution in [-0.4, -0.2) is 24.6 Å². The van der Waals surface area contributed by atoms with E-state index in [-0.39, 0.29) is 17.0 Å². The number of halogens is 1. The van der Waals surface area contributed by atoms with Crippen molar-refractivity contribution in [2.24, 2.45) is 0 Å². The number of benzene rings is 1. The third kappa shape index (κ3) is 4.47. The number of hydrogen-bond acceptors (Lipinski definition) is 0. The normalized spacial score (nSPS) is 16.7. The summed E-state index contributed by atoms with van der Waals surface area (Å²) >= 11 is 0. The van der Waals surface area contributed by atoms with Crippen LogP contribution in [-0.2, 0) is 6.54 Å². The molecule has 0 radical (unpaired) electrons. The van der Waals surface area contributed by atoms with Gasteiger partial charge in [-0.3, -0.25) is 0 Å². The zero-order chi connectivity index (χ0) is 13.0. The number of quaternary nitrogens is 1. The quantitative estimate of drug-likeness (QED) is 0.731. The third-order valence-corrected chi connectivity index (χ3v) is 4.37. The lowest BCUT2D eigenvalue weighted by molar-refractivity contribution is -0.929. The third-order valence-electron chi connectivity index (χ3n) is 4.37. The lowest BCUT2D eigenvalue weighted by atomic mass is 9.92. The van der Waals surface area contributed by atoms with Gasteiger partial charge >= 0.3 is 0 Å². The van der Waals surface area contributed by atoms with Crippen LogP contribution in [0.4, 0.5) is 0 Å². The van der Waals surface area contributed by atoms with Crippen LogP contribution >= 0.6 is 0 Å². The molecule has 0 spiro atoms. The van der Waals surface area contributed by atoms with Crippen molar-refractivity contribution < 1.29 is 21.5 Å². The standard InChI is InChI=1S/C17H26N.BrH/c1-4-15-10-12-16(13-11-15)14-18(2,3)17-8-6-5-7-9-17;/h4,10-13,17H,1,5-9,14H2,2-3H3;1H/q+1;/p-1. The maximum Gasteiger partial charge on any atom is 0.104 e. The van der Waals surface area contributed by atoms with E-state index in [0.29, 0.717) is 0 Å². The van der Waals surface area contributed by atoms with Crippen LogP contribution in [0.25, 0.3) is 6.08 Å². The molecule has 1 aliphatic carbocycles. The van der Waals surface area contributed by atoms with Crippen LogP contribution in [0.15, 0.2) is 30.8 Å². The van der Waals surface area contributed by atoms with Crippen LogP contribution in [0.5, 0.6) is 0 Å². The minimum Gasteiger partial charge on any atom is -1.00 e. The van der Waals surface area contributed by atoms with Gasteiger partial charge in [0.1, 0.15) is 6.54 Å². The van der Waals surface area contributed by atoms with E-state index in [1.54, 1.807) is 0 Å². The Labute approximate surface area is 128 Å². The van der Waals surface area contributed by atoms with Gasteiger partial charge in [-0.1, -0.05) is 43.3 Å². The molecule has 2 rings (SSSR count). The zero-order valence-electron chi connectivity index (χ0n) is 12.2. The topological polar surface area (TPSA) is 0 Å². The first-order chi connectivity index (χ1) is 8.62. The molecule has 0 N–H and O–H groups in total. The van der Waals surface area contributed by atoms with E-state index in [0.717, 1.165) is 17.1 Å². The lowest BCUT2D eigenvalue weighted by Gasteiger charge is -2.40. The Bertz CT molecular complexity index is 388. The highest BCUT2D eigenvalue weighted by Crippen LogP contribution is 2.27. The van der Waals surface area contributed by atoms with Crippen LogP contribution in [0, 0.1) is 0 Å². The molecule has 1 saturated carbocycles. The van der Waals surface area contributed by atoms with E-state index < -0.39 is 0 Å². The van der Waals surface area contributed by atoms with Gasteiger partial charge in [-0.2, -0.15) is 0 Å². The Hall–Kier alpha value is -0.600. The molecule has 1 fully saturated rings. The van der Waals surface area contributed by atoms with Gasteiger partial charge in [0.05, 0.1) is 20.1 Å². The van der Waals surface area contributed by atoms with Crippen molar-refractivity contribution in [1.29, 1.82) is 0 Å². The summed E-state index contributed by atoms with van der Waals surface area (Å²) in [6, 6.07) is 9.68. The summed E-state index contributed by atoms with van der Waals surface area (Å²) in [5.41, 5.74) is 2.65. The minimum atomic E-state index is 0. The number of rotatable bonds is 4. The Morgan fingerprint density at radius 2 is 1.68 bits per heavy atom. The second-order valence-corrected chi connectivity index (χ2v) is 6.17. The van der Waals surface area contributed by atoms with Gasteiger partial charge in [-0.15, -0.1) is 0 Å². The van der Waals surface area contributed by atoms with Crippen molar-refractivity contribution in [3.63, 3.8) is 0 Å². The molecule has 1 nitrogen and oxygen atoms in total. The molecule has 19 heavy (non-hydrogen) atoms. The summed E-state index contributed by atoms with van der Waals surface area (Å²) in [4.78, 5) is 0. The first kappa shape index (κ1) is 16.5. The Balaban J connectivity index is 0.00000180. The number of hydrogen-bond donors (Lipinski definition) is 0. The Morgan fingerprint density at radius 3 is 2.21 bits per heavy atom. The predicted molar refractivity (Wildman–Crippen MR) is 79.2 cm³/mol. The summed E-state index contributed by atoms with van der Waals surface area (Å²) in [6.45, 7) is 4.95. The largest absolute Gasteiger partial charge is 1.00 e. The molecule has 0 atom stereocenters. The molecule has 0 aliphatic heterocycles. The SMILES string of the molecule is C=Cc1ccc(C[N+](C)(C)C2CCCCC2)cc1.[Br-]. The van der Waals surface area contributed by atoms with E-state index >= 15 is 0 Å². The highest BCUT2D eigenvalue weighted by molar-refractivity contribution is 5.47. The number of nitrogens with zero attached hydrogens (tertiary/aromatic N) is 1. The molecule has 1 aromatic rings. The van der Waals surface area contributed by atoms with Crippen LogP contribution < -0.4 is 17.0 Å². The minimum absolute atomic E-state index is 0. The molecule has 106 valence electrons. The molecule has 2 heteroatoms. The van der Waals surface area contributed by atoms with E-state index in [9.17, 15) is 0 Å². The first-order valence-corrected chi connectivity index (χ1v) is 7.16. The average molecular weight is 324 g/mol. The Morgan fingerprint density at radius 1 is 1.11 bits per heavy atom. The smallest absolute Gasteiger partial charge is 0.104 e. The highest BCUT2D eigenvalue weighted by Gasteiger charge is 2.29. The molecular formula is C17H26BrN. The monoisotopic (exact) mass is 323 g/mol. The average Bonchev–Trinajstić information content (AvgIpc) is 2.40. The van der Waals surface area contributed by atoms with E-state index in [4.69, 9.17) is 0 Å². The molecular weight excluding hydrogens is 298 g/mol. The molecule has 1 aromatic carbocycles. The molecule has 0 aromatic heterocycles. The summed E-state index contributed by atoms with van der Waals surface area (Å²) in [5, 5.41) is 0. The van der Waals surface area contributed by atoms with Gasteiger partial charge in [0, 0.05) is 5.56 Å². The molecule has 0 heterocycles. The second kappa shape index (κ2) is 7.25. The molecule has 1 aliphatic rings. The highest BCUT2D eigenvalue weighted by atomic mass is 79.9. The van der Waals surface area contributed by atoms with Crippen molar-refractivity contribution >= 4 is 6.08 Å². The van der Waals surface area contributed by atoms with Crippen molar-refractivity contribution in [2.75, 3.05) is 14.1 Å². The maximum atomic E-state index is 3.80. The van der Waals surface area contributed by atoms with Gasteiger partial charge in [0.2, 0.25) is 0 Å². The molecule has 0 saturated heterocycles. The fourth-order valence-electron chi connectivity index (χ4n) is 3.14. The molecule has 0 amide bonds. The summed E-state index contributed by atoms with van der Waals surface area (Å²) in [5.74, 6) is 0. The Kier molecular flexibility index (Phi) is 6.28. The van der Waals surface area contributed by atoms with Gasteiger partial charge in [0.25, 0.3) is 0 Å². The van der Waals surface area contributed by atoms with Gasteiger partial charge in [-0.25, -0.2) is 0 Å². The van der Waals surface area contributed by atoms with Crippen molar-refractivity contribution in [2.45, 2.75) is 44.7 Å². The molecule has 0 unspecified atom stereocenters. The van der Waals surface area contributed by atoms with E-state index in [2.05, 4.69) is 44.9 Å². The first-order valence-electron chi connectivity index (χ1n) is 7.16. The van der Waals surface area contributed by atoms with Gasteiger partial charge in [-0.05, 0) is 31.2 Å². The summed E-state index contributed by atoms with van der Waals surface area (Å²) in [6.07, 6.45) is 8.98. The zero-order valence-corrected chi connectivity index (χ0v) is 13.8. The summed E-state index contributed by atoms with van der Waals surface area (Å²) in [7, 11) is 4.77. The maximum absolute atomic E-state index is 3.80. The molecule has 0 bridgehead atoms. The van der Waals surface area contributed by atoms with Crippen molar-refractivity contribution in [1.82, 2.24) is 0 Å². The summed E-state index contributed by atoms with van der Waals surface area (Å²) < 4.78 is 1.13. The van der Waals surface area contributed by atoms with E-state index in [1.807, 2.05) is 6.08 Å². The van der Waals surface area contributed by atoms with Gasteiger partial charge in [0.15, 0.2) is 0 Å². The second-order valence-electron chi connectivity index (χ2n) is 6.17. The van der Waals surface area contributed by atoms with Crippen LogP contribution in [0.1, 0.15) is 43.2 Å². The fourth-order valence-corrected chi connectivity index (χ4v) is 3.14. The van der Waals surface area contributed by atoms with Crippen molar-refractivity contribution in [3.05, 3.63) is 42.0 Å².